The molecule has 0 aliphatic carbocycles. The van der Waals surface area contributed by atoms with Crippen molar-refractivity contribution in [2.45, 2.75) is 149 Å². The molecule has 12 rings (SSSR count). The molecule has 5 unspecified atom stereocenters. The summed E-state index contributed by atoms with van der Waals surface area (Å²) in [6.07, 6.45) is -23.1. The Hall–Kier alpha value is -7.69. The Morgan fingerprint density at radius 2 is 0.505 bits per heavy atom. The highest BCUT2D eigenvalue weighted by molar-refractivity contribution is 7.48. The van der Waals surface area contributed by atoms with Crippen LogP contribution in [0.2, 0.25) is 0 Å². The number of hydrogen-bond donors (Lipinski definition) is 13. The first-order valence-corrected chi connectivity index (χ1v) is 40.4. The Balaban J connectivity index is 0.718. The molecular weight excluding hydrogens is 1600 g/mol. The van der Waals surface area contributed by atoms with Crippen LogP contribution in [-0.2, 0) is 96.5 Å². The molecule has 0 aromatic carbocycles. The molecule has 6 fully saturated rings. The predicted octanol–water partition coefficient (Wildman–Crippen LogP) is -3.39. The van der Waals surface area contributed by atoms with Crippen LogP contribution in [0.15, 0.2) is 102 Å². The van der Waals surface area contributed by atoms with E-state index in [1.54, 1.807) is 0 Å². The van der Waals surface area contributed by atoms with E-state index in [0.29, 0.717) is 0 Å². The lowest BCUT2D eigenvalue weighted by molar-refractivity contribution is -0.0657. The lowest BCUT2D eigenvalue weighted by Gasteiger charge is -2.26. The van der Waals surface area contributed by atoms with Gasteiger partial charge in [-0.25, -0.2) is 51.6 Å². The predicted molar refractivity (Wildman–Crippen MR) is 365 cm³/mol. The van der Waals surface area contributed by atoms with Crippen molar-refractivity contribution in [3.63, 3.8) is 0 Å². The van der Waals surface area contributed by atoms with E-state index in [1.807, 2.05) is 0 Å². The van der Waals surface area contributed by atoms with Gasteiger partial charge in [0.05, 0.1) is 45.7 Å². The number of anilines is 6. The molecule has 12 heterocycles. The summed E-state index contributed by atoms with van der Waals surface area (Å²) >= 11 is 0. The molecule has 6 aliphatic heterocycles. The van der Waals surface area contributed by atoms with Crippen LogP contribution in [0, 0.1) is 0 Å². The summed E-state index contributed by atoms with van der Waals surface area (Å²) in [5, 5.41) is 20.8. The molecule has 608 valence electrons. The second kappa shape index (κ2) is 33.8. The third-order valence-electron chi connectivity index (χ3n) is 17.6. The third-order valence-corrected chi connectivity index (χ3v) is 22.7. The molecule has 6 aliphatic rings. The van der Waals surface area contributed by atoms with Gasteiger partial charge in [0.15, 0.2) is 0 Å². The highest BCUT2D eigenvalue weighted by atomic mass is 31.2. The van der Waals surface area contributed by atoms with E-state index in [2.05, 4.69) is 29.9 Å². The molecule has 6 aromatic rings. The van der Waals surface area contributed by atoms with Gasteiger partial charge in [0, 0.05) is 75.7 Å². The van der Waals surface area contributed by atoms with Gasteiger partial charge < -0.3 is 97.5 Å². The van der Waals surface area contributed by atoms with E-state index >= 15 is 0 Å². The van der Waals surface area contributed by atoms with Crippen LogP contribution >= 0.6 is 39.1 Å². The Kier molecular flexibility index (Phi) is 25.2. The van der Waals surface area contributed by atoms with E-state index in [4.69, 9.17) is 108 Å². The Morgan fingerprint density at radius 3 is 0.712 bits per heavy atom. The minimum absolute atomic E-state index is 0.0962. The number of phosphoric acid groups is 5. The minimum Gasteiger partial charge on any atom is -0.394 e. The number of nitrogens with two attached hydrogens (primary N) is 6. The number of nitrogens with zero attached hydrogens (tertiary/aromatic N) is 12. The fourth-order valence-electron chi connectivity index (χ4n) is 12.4. The molecule has 23 atom stereocenters. The van der Waals surface area contributed by atoms with Crippen LogP contribution in [-0.4, -0.2) is 205 Å². The molecule has 57 heteroatoms. The van der Waals surface area contributed by atoms with Gasteiger partial charge >= 0.3 is 73.3 Å². The van der Waals surface area contributed by atoms with Gasteiger partial charge in [0.2, 0.25) is 0 Å². The average molecular weight is 1670 g/mol. The fraction of sp³-hybridized carbons (Fsp3) is 0.556. The normalized spacial score (nSPS) is 30.9. The van der Waals surface area contributed by atoms with Crippen LogP contribution in [0.1, 0.15) is 75.9 Å². The third kappa shape index (κ3) is 20.6. The van der Waals surface area contributed by atoms with Gasteiger partial charge in [-0.05, 0) is 36.4 Å². The summed E-state index contributed by atoms with van der Waals surface area (Å²) in [5.41, 5.74) is 28.3. The number of aliphatic hydroxyl groups excluding tert-OH is 2. The highest BCUT2D eigenvalue weighted by Crippen LogP contribution is 2.56. The van der Waals surface area contributed by atoms with E-state index in [-0.39, 0.29) is 47.7 Å². The quantitative estimate of drug-likeness (QED) is 0.0183. The molecule has 19 N–H and O–H groups in total. The van der Waals surface area contributed by atoms with E-state index in [0.717, 1.165) is 52.2 Å². The number of rotatable bonds is 32. The minimum atomic E-state index is -5.61. The van der Waals surface area contributed by atoms with Crippen LogP contribution in [0.5, 0.6) is 0 Å². The van der Waals surface area contributed by atoms with Crippen LogP contribution in [0.3, 0.4) is 0 Å². The lowest BCUT2D eigenvalue weighted by atomic mass is 10.2. The maximum absolute atomic E-state index is 14.2. The second-order valence-corrected chi connectivity index (χ2v) is 32.3. The first-order valence-electron chi connectivity index (χ1n) is 32.9. The smallest absolute Gasteiger partial charge is 0.394 e. The molecule has 0 saturated carbocycles. The van der Waals surface area contributed by atoms with Gasteiger partial charge in [-0.1, -0.05) is 0 Å². The Morgan fingerprint density at radius 1 is 0.324 bits per heavy atom. The zero-order valence-electron chi connectivity index (χ0n) is 57.0. The topological polar surface area (TPSA) is 740 Å². The van der Waals surface area contributed by atoms with E-state index < -0.39 is 249 Å². The lowest BCUT2D eigenvalue weighted by Crippen LogP contribution is -2.32. The van der Waals surface area contributed by atoms with E-state index in [9.17, 15) is 86.3 Å². The molecular formula is C54H73N18O34P5. The van der Waals surface area contributed by atoms with Crippen molar-refractivity contribution >= 4 is 74.0 Å². The van der Waals surface area contributed by atoms with Crippen LogP contribution in [0.4, 0.5) is 34.9 Å². The summed E-state index contributed by atoms with van der Waals surface area (Å²) < 4.78 is 165. The monoisotopic (exact) mass is 1670 g/mol. The van der Waals surface area contributed by atoms with Crippen LogP contribution < -0.4 is 68.5 Å². The largest absolute Gasteiger partial charge is 0.472 e. The number of aliphatic hydroxyl groups is 2. The fourth-order valence-corrected chi connectivity index (χ4v) is 17.2. The van der Waals surface area contributed by atoms with Gasteiger partial charge in [0.25, 0.3) is 0 Å². The summed E-state index contributed by atoms with van der Waals surface area (Å²) in [6, 6.07) is 7.32. The maximum Gasteiger partial charge on any atom is 0.472 e. The number of phosphoric ester groups is 5. The second-order valence-electron chi connectivity index (χ2n) is 25.2. The molecule has 0 amide bonds. The van der Waals surface area contributed by atoms with Crippen molar-refractivity contribution < 1.29 is 131 Å². The van der Waals surface area contributed by atoms with Gasteiger partial charge in [-0.3, -0.25) is 72.6 Å². The van der Waals surface area contributed by atoms with Gasteiger partial charge in [0.1, 0.15) is 139 Å². The Labute approximate surface area is 620 Å². The summed E-state index contributed by atoms with van der Waals surface area (Å²) in [5.74, 6) is -1.12. The van der Waals surface area contributed by atoms with Crippen molar-refractivity contribution in [1.82, 2.24) is 57.3 Å². The highest BCUT2D eigenvalue weighted by Gasteiger charge is 2.51. The molecule has 6 saturated heterocycles. The molecule has 0 spiro atoms. The van der Waals surface area contributed by atoms with Crippen molar-refractivity contribution in [2.24, 2.45) is 0 Å². The first kappa shape index (κ1) is 82.8. The SMILES string of the molecule is Nc1ccn([C@H]2C[C@H](OP(=O)(O)OC[C@H]3O[C@@H](n4ccc(N)nc4=O)C[C@@H]3OP(=O)(O)OC[C@H]3O[C@@H](n4ccc(N)nc4=O)C[C@@H]3OP(=O)(O)OC[C@H]3O[C@@H](n4ccc(N)nc4=O)C[C@@H]3OP(=O)(O)OC[C@H]3O[C@@H](n4ccc(N)nc4=O)C[C@@H]3OP(=O)(O)OC[C@H]3O[C@@H](n4ccc(N)nc4=O)C[C@@H]3O)[C@@H](CO)O2)c(=O)n1. The zero-order valence-corrected chi connectivity index (χ0v) is 61.5. The van der Waals surface area contributed by atoms with Gasteiger partial charge in [-0.2, -0.15) is 29.9 Å². The molecule has 111 heavy (non-hydrogen) atoms. The average Bonchev–Trinajstić information content (AvgIpc) is 1.67. The van der Waals surface area contributed by atoms with E-state index in [1.165, 1.54) is 48.8 Å². The summed E-state index contributed by atoms with van der Waals surface area (Å²) in [6.45, 7) is -5.94. The number of hydrogen-bond acceptors (Lipinski definition) is 41. The van der Waals surface area contributed by atoms with Crippen molar-refractivity contribution in [3.8, 4) is 0 Å². The van der Waals surface area contributed by atoms with Gasteiger partial charge in [-0.15, -0.1) is 0 Å². The number of nitrogen functional groups attached to an aromatic ring is 6. The Bertz CT molecular complexity index is 5020. The maximum atomic E-state index is 14.2. The number of ether oxygens (including phenoxy) is 6. The van der Waals surface area contributed by atoms with Crippen molar-refractivity contribution in [3.05, 3.63) is 136 Å². The van der Waals surface area contributed by atoms with Crippen molar-refractivity contribution in [1.29, 1.82) is 0 Å². The molecule has 6 aromatic heterocycles. The van der Waals surface area contributed by atoms with Crippen LogP contribution in [0.25, 0.3) is 0 Å². The first-order chi connectivity index (χ1) is 52.3. The summed E-state index contributed by atoms with van der Waals surface area (Å²) in [4.78, 5) is 156. The summed E-state index contributed by atoms with van der Waals surface area (Å²) in [7, 11) is -27.3. The van der Waals surface area contributed by atoms with Crippen molar-refractivity contribution in [2.75, 3.05) is 74.0 Å². The molecule has 0 radical (unpaired) electrons. The molecule has 52 nitrogen and oxygen atoms in total. The standard InChI is InChI=1S/C54H73N18O34P5/c55-37-1-7-67(49(75)61-37)43-13-25(74)32(97-43)20-91-107(81,82)103-27-15-45(69-9-3-39(57)63-51(69)77)99-34(27)22-93-109(85,86)105-29-17-47(71-11-5-41(59)65-53(71)79)101-36(29)24-95-111(89,90)106-30-18-48(72-12-6-42(60)66-54(72)80)100-35(30)23-94-110(87,88)104-28-16-46(70-10-4-40(58)64-52(70)78)98-33(28)21-92-108(83,84)102-26-14-44(96-31(26)19-73)68-8-2-38(56)62-50(68)76/h1-12,25-36,43-48,73-74H,13-24H2,(H,81,82)(H,83,84)(H,85,86)(H,87,88)(H,89,90)(H2,55,61,75)(H2,56,62,76)(H2,57,63,77)(H2,58,64,78)(H2,59,65,79)(H2,60,66,80)/t25-,26-,27-,28-,29-,30-,31+,32+,33+,34+,35+,36+,43+,44+,45+,46+,47+,48+/m0/s1. The number of aromatic nitrogens is 12. The zero-order chi connectivity index (χ0) is 79.8. The molecule has 0 bridgehead atoms.